The highest BCUT2D eigenvalue weighted by Crippen LogP contribution is 2.30. The van der Waals surface area contributed by atoms with Crippen molar-refractivity contribution in [1.29, 1.82) is 5.41 Å². The Kier molecular flexibility index (Phi) is 5.92. The summed E-state index contributed by atoms with van der Waals surface area (Å²) >= 11 is 0. The fourth-order valence-electron chi connectivity index (χ4n) is 2.69. The molecule has 1 aromatic heterocycles. The van der Waals surface area contributed by atoms with E-state index >= 15 is 0 Å². The number of hydrogen-bond donors (Lipinski definition) is 3. The van der Waals surface area contributed by atoms with Gasteiger partial charge in [0, 0.05) is 25.5 Å². The molecular formula is C16H24N4O3. The lowest BCUT2D eigenvalue weighted by atomic mass is 10.0. The number of aromatic nitrogens is 1. The van der Waals surface area contributed by atoms with Gasteiger partial charge in [-0.25, -0.2) is 9.78 Å². The van der Waals surface area contributed by atoms with E-state index < -0.39 is 5.97 Å². The number of nitrogens with one attached hydrogen (secondary N) is 2. The Balaban J connectivity index is 2.50. The van der Waals surface area contributed by atoms with Crippen LogP contribution in [-0.2, 0) is 15.9 Å². The van der Waals surface area contributed by atoms with Gasteiger partial charge in [-0.15, -0.1) is 0 Å². The van der Waals surface area contributed by atoms with Gasteiger partial charge in [0.05, 0.1) is 23.6 Å². The molecule has 4 N–H and O–H groups in total. The second-order valence-corrected chi connectivity index (χ2v) is 5.36. The van der Waals surface area contributed by atoms with Gasteiger partial charge in [0.15, 0.2) is 0 Å². The molecule has 0 saturated carbocycles. The fourth-order valence-corrected chi connectivity index (χ4v) is 2.69. The molecule has 1 aromatic rings. The van der Waals surface area contributed by atoms with Crippen LogP contribution in [-0.4, -0.2) is 43.0 Å². The number of rotatable bonds is 6. The van der Waals surface area contributed by atoms with Gasteiger partial charge in [0.1, 0.15) is 11.4 Å². The van der Waals surface area contributed by atoms with Crippen LogP contribution in [0.1, 0.15) is 48.3 Å². The van der Waals surface area contributed by atoms with Crippen LogP contribution < -0.4 is 11.1 Å². The lowest BCUT2D eigenvalue weighted by Crippen LogP contribution is -2.30. The zero-order chi connectivity index (χ0) is 16.8. The molecule has 0 atom stereocenters. The number of anilines is 2. The van der Waals surface area contributed by atoms with Crippen molar-refractivity contribution in [2.24, 2.45) is 0 Å². The molecular weight excluding hydrogens is 296 g/mol. The van der Waals surface area contributed by atoms with Gasteiger partial charge in [-0.05, 0) is 26.2 Å². The van der Waals surface area contributed by atoms with E-state index in [1.807, 2.05) is 6.92 Å². The zero-order valence-electron chi connectivity index (χ0n) is 13.6. The van der Waals surface area contributed by atoms with E-state index in [9.17, 15) is 4.79 Å². The van der Waals surface area contributed by atoms with Gasteiger partial charge in [0.2, 0.25) is 0 Å². The van der Waals surface area contributed by atoms with Crippen molar-refractivity contribution >= 4 is 23.7 Å². The molecule has 2 heterocycles. The predicted octanol–water partition coefficient (Wildman–Crippen LogP) is 1.99. The minimum atomic E-state index is -0.436. The van der Waals surface area contributed by atoms with E-state index in [2.05, 4.69) is 10.3 Å². The largest absolute Gasteiger partial charge is 0.462 e. The SMILES string of the molecule is CCOC(=O)c1c(CC)nc(N)c(C=N)c1NC1CCOCC1. The maximum atomic E-state index is 12.4. The van der Waals surface area contributed by atoms with Gasteiger partial charge in [0.25, 0.3) is 0 Å². The first kappa shape index (κ1) is 17.2. The van der Waals surface area contributed by atoms with Crippen molar-refractivity contribution in [3.63, 3.8) is 0 Å². The predicted molar refractivity (Wildman–Crippen MR) is 89.3 cm³/mol. The second kappa shape index (κ2) is 7.92. The highest BCUT2D eigenvalue weighted by atomic mass is 16.5. The number of nitrogens with two attached hydrogens (primary N) is 1. The Morgan fingerprint density at radius 3 is 2.74 bits per heavy atom. The molecule has 1 saturated heterocycles. The van der Waals surface area contributed by atoms with E-state index in [-0.39, 0.29) is 18.5 Å². The zero-order valence-corrected chi connectivity index (χ0v) is 13.6. The van der Waals surface area contributed by atoms with Gasteiger partial charge in [-0.3, -0.25) is 0 Å². The molecule has 0 aliphatic carbocycles. The number of ether oxygens (including phenoxy) is 2. The van der Waals surface area contributed by atoms with Crippen molar-refractivity contribution in [2.45, 2.75) is 39.2 Å². The molecule has 1 aliphatic rings. The average molecular weight is 320 g/mol. The van der Waals surface area contributed by atoms with Crippen LogP contribution in [0.25, 0.3) is 0 Å². The number of pyridine rings is 1. The van der Waals surface area contributed by atoms with Gasteiger partial charge >= 0.3 is 5.97 Å². The molecule has 2 rings (SSSR count). The third-order valence-electron chi connectivity index (χ3n) is 3.87. The van der Waals surface area contributed by atoms with Crippen molar-refractivity contribution in [3.8, 4) is 0 Å². The Bertz CT molecular complexity index is 583. The maximum absolute atomic E-state index is 12.4. The molecule has 0 aromatic carbocycles. The van der Waals surface area contributed by atoms with Crippen LogP contribution in [0.2, 0.25) is 0 Å². The second-order valence-electron chi connectivity index (χ2n) is 5.36. The summed E-state index contributed by atoms with van der Waals surface area (Å²) in [6.07, 6.45) is 3.36. The summed E-state index contributed by atoms with van der Waals surface area (Å²) in [5.74, 6) is -0.186. The third kappa shape index (κ3) is 3.79. The summed E-state index contributed by atoms with van der Waals surface area (Å²) in [5, 5.41) is 11.0. The molecule has 0 unspecified atom stereocenters. The van der Waals surface area contributed by atoms with E-state index in [4.69, 9.17) is 20.6 Å². The minimum Gasteiger partial charge on any atom is -0.462 e. The fraction of sp³-hybridized carbons (Fsp3) is 0.562. The van der Waals surface area contributed by atoms with Gasteiger partial charge < -0.3 is 25.9 Å². The van der Waals surface area contributed by atoms with Crippen molar-refractivity contribution in [2.75, 3.05) is 30.9 Å². The summed E-state index contributed by atoms with van der Waals surface area (Å²) < 4.78 is 10.5. The topological polar surface area (TPSA) is 110 Å². The van der Waals surface area contributed by atoms with Crippen LogP contribution in [0.4, 0.5) is 11.5 Å². The Morgan fingerprint density at radius 2 is 2.17 bits per heavy atom. The number of nitrogens with zero attached hydrogens (tertiary/aromatic N) is 1. The first-order valence-electron chi connectivity index (χ1n) is 7.96. The molecule has 0 amide bonds. The highest BCUT2D eigenvalue weighted by molar-refractivity contribution is 6.04. The number of carbonyl (C=O) groups is 1. The van der Waals surface area contributed by atoms with E-state index in [0.29, 0.717) is 42.1 Å². The standard InChI is InChI=1S/C16H24N4O3/c1-3-12-13(16(21)23-4-2)14(11(9-17)15(18)20-12)19-10-5-7-22-8-6-10/h9-10,17H,3-8H2,1-2H3,(H3,18,19,20). The third-order valence-corrected chi connectivity index (χ3v) is 3.87. The Labute approximate surface area is 136 Å². The van der Waals surface area contributed by atoms with Crippen LogP contribution >= 0.6 is 0 Å². The van der Waals surface area contributed by atoms with Gasteiger partial charge in [-0.2, -0.15) is 0 Å². The van der Waals surface area contributed by atoms with Crippen LogP contribution in [0.15, 0.2) is 0 Å². The molecule has 0 bridgehead atoms. The van der Waals surface area contributed by atoms with E-state index in [0.717, 1.165) is 19.1 Å². The quantitative estimate of drug-likeness (QED) is 0.546. The highest BCUT2D eigenvalue weighted by Gasteiger charge is 2.25. The molecule has 1 aliphatic heterocycles. The number of nitrogen functional groups attached to an aromatic ring is 1. The number of hydrogen-bond acceptors (Lipinski definition) is 7. The molecule has 7 nitrogen and oxygen atoms in total. The number of aryl methyl sites for hydroxylation is 1. The van der Waals surface area contributed by atoms with Crippen molar-refractivity contribution in [3.05, 3.63) is 16.8 Å². The molecule has 7 heteroatoms. The summed E-state index contributed by atoms with van der Waals surface area (Å²) in [4.78, 5) is 16.7. The van der Waals surface area contributed by atoms with Gasteiger partial charge in [-0.1, -0.05) is 6.92 Å². The van der Waals surface area contributed by atoms with Crippen LogP contribution in [0, 0.1) is 5.41 Å². The van der Waals surface area contributed by atoms with Crippen molar-refractivity contribution < 1.29 is 14.3 Å². The molecule has 0 radical (unpaired) electrons. The average Bonchev–Trinajstić information content (AvgIpc) is 2.55. The maximum Gasteiger partial charge on any atom is 0.342 e. The molecule has 0 spiro atoms. The van der Waals surface area contributed by atoms with Crippen LogP contribution in [0.5, 0.6) is 0 Å². The monoisotopic (exact) mass is 320 g/mol. The molecule has 126 valence electrons. The van der Waals surface area contributed by atoms with Crippen LogP contribution in [0.3, 0.4) is 0 Å². The lowest BCUT2D eigenvalue weighted by molar-refractivity contribution is 0.0525. The first-order valence-corrected chi connectivity index (χ1v) is 7.96. The normalized spacial score (nSPS) is 15.2. The van der Waals surface area contributed by atoms with E-state index in [1.165, 1.54) is 0 Å². The number of esters is 1. The smallest absolute Gasteiger partial charge is 0.342 e. The summed E-state index contributed by atoms with van der Waals surface area (Å²) in [6, 6.07) is 0.169. The number of carbonyl (C=O) groups excluding carboxylic acids is 1. The van der Waals surface area contributed by atoms with E-state index in [1.54, 1.807) is 6.92 Å². The Morgan fingerprint density at radius 1 is 1.48 bits per heavy atom. The molecule has 23 heavy (non-hydrogen) atoms. The van der Waals surface area contributed by atoms with Crippen molar-refractivity contribution in [1.82, 2.24) is 4.98 Å². The summed E-state index contributed by atoms with van der Waals surface area (Å²) in [5.41, 5.74) is 7.92. The summed E-state index contributed by atoms with van der Waals surface area (Å²) in [7, 11) is 0. The minimum absolute atomic E-state index is 0.169. The Hall–Kier alpha value is -2.15. The molecule has 1 fully saturated rings. The lowest BCUT2D eigenvalue weighted by Gasteiger charge is -2.27. The summed E-state index contributed by atoms with van der Waals surface area (Å²) in [6.45, 7) is 5.30. The first-order chi connectivity index (χ1) is 11.1.